The van der Waals surface area contributed by atoms with Crippen molar-refractivity contribution < 1.29 is 14.5 Å². The third-order valence-corrected chi connectivity index (χ3v) is 4.02. The number of ether oxygens (including phenoxy) is 1. The first-order chi connectivity index (χ1) is 12.0. The van der Waals surface area contributed by atoms with Crippen LogP contribution in [0.25, 0.3) is 0 Å². The second-order valence-corrected chi connectivity index (χ2v) is 5.35. The number of non-ortho nitro benzene ring substituents is 1. The summed E-state index contributed by atoms with van der Waals surface area (Å²) in [6.45, 7) is 11.4. The predicted octanol–water partition coefficient (Wildman–Crippen LogP) is 4.39. The molecule has 0 aromatic heterocycles. The van der Waals surface area contributed by atoms with Gasteiger partial charge in [-0.15, -0.1) is 0 Å². The van der Waals surface area contributed by atoms with Crippen LogP contribution in [0.15, 0.2) is 24.3 Å². The van der Waals surface area contributed by atoms with E-state index in [0.29, 0.717) is 6.61 Å². The highest BCUT2D eigenvalue weighted by Crippen LogP contribution is 2.31. The molecule has 1 amide bonds. The van der Waals surface area contributed by atoms with Gasteiger partial charge in [0.05, 0.1) is 10.8 Å². The smallest absolute Gasteiger partial charge is 0.269 e. The average Bonchev–Trinajstić information content (AvgIpc) is 3.04. The Morgan fingerprint density at radius 2 is 1.80 bits per heavy atom. The first kappa shape index (κ1) is 23.1. The van der Waals surface area contributed by atoms with Crippen molar-refractivity contribution in [2.45, 2.75) is 59.4 Å². The fourth-order valence-electron chi connectivity index (χ4n) is 2.72. The van der Waals surface area contributed by atoms with E-state index in [1.54, 1.807) is 19.2 Å². The molecule has 1 aromatic carbocycles. The van der Waals surface area contributed by atoms with Crippen molar-refractivity contribution in [3.63, 3.8) is 0 Å². The van der Waals surface area contributed by atoms with Gasteiger partial charge in [-0.2, -0.15) is 0 Å². The Bertz CT molecular complexity index is 517. The van der Waals surface area contributed by atoms with Gasteiger partial charge in [0.2, 0.25) is 5.91 Å². The number of nitro benzene ring substituents is 1. The summed E-state index contributed by atoms with van der Waals surface area (Å²) in [5.74, 6) is -0.0803. The van der Waals surface area contributed by atoms with Gasteiger partial charge < -0.3 is 9.64 Å². The molecule has 1 saturated heterocycles. The van der Waals surface area contributed by atoms with E-state index in [1.807, 2.05) is 39.5 Å². The number of carbonyl (C=O) groups is 1. The Hall–Kier alpha value is -1.95. The largest absolute Gasteiger partial charge is 0.385 e. The number of amides is 1. The molecule has 1 fully saturated rings. The van der Waals surface area contributed by atoms with Crippen molar-refractivity contribution >= 4 is 11.6 Å². The van der Waals surface area contributed by atoms with Crippen LogP contribution in [0.1, 0.15) is 58.9 Å². The number of nitrogens with zero attached hydrogens (tertiary/aromatic N) is 2. The van der Waals surface area contributed by atoms with E-state index < -0.39 is 4.92 Å². The van der Waals surface area contributed by atoms with Crippen LogP contribution in [0.3, 0.4) is 0 Å². The van der Waals surface area contributed by atoms with Crippen molar-refractivity contribution in [3.05, 3.63) is 39.9 Å². The summed E-state index contributed by atoms with van der Waals surface area (Å²) < 4.78 is 5.05. The Morgan fingerprint density at radius 3 is 2.28 bits per heavy atom. The Morgan fingerprint density at radius 1 is 1.24 bits per heavy atom. The molecule has 1 aliphatic rings. The maximum Gasteiger partial charge on any atom is 0.269 e. The van der Waals surface area contributed by atoms with Crippen molar-refractivity contribution in [1.29, 1.82) is 0 Å². The van der Waals surface area contributed by atoms with Crippen LogP contribution in [0.4, 0.5) is 5.69 Å². The van der Waals surface area contributed by atoms with Crippen LogP contribution in [0.2, 0.25) is 0 Å². The van der Waals surface area contributed by atoms with Crippen LogP contribution in [-0.4, -0.2) is 42.0 Å². The lowest BCUT2D eigenvalue weighted by atomic mass is 9.97. The summed E-state index contributed by atoms with van der Waals surface area (Å²) in [5.41, 5.74) is 0.904. The Labute approximate surface area is 151 Å². The molecule has 6 heteroatoms. The van der Waals surface area contributed by atoms with Crippen LogP contribution in [0.5, 0.6) is 0 Å². The molecule has 2 unspecified atom stereocenters. The summed E-state index contributed by atoms with van der Waals surface area (Å²) in [5, 5.41) is 10.7. The minimum Gasteiger partial charge on any atom is -0.385 e. The summed E-state index contributed by atoms with van der Waals surface area (Å²) in [6, 6.07) is 6.44. The Kier molecular flexibility index (Phi) is 11.4. The highest BCUT2D eigenvalue weighted by molar-refractivity contribution is 5.86. The zero-order chi connectivity index (χ0) is 19.4. The molecule has 6 nitrogen and oxygen atoms in total. The van der Waals surface area contributed by atoms with Crippen molar-refractivity contribution in [3.8, 4) is 0 Å². The number of methoxy groups -OCH3 is 1. The summed E-state index contributed by atoms with van der Waals surface area (Å²) >= 11 is 0. The number of hydrogen-bond acceptors (Lipinski definition) is 4. The maximum absolute atomic E-state index is 12.5. The van der Waals surface area contributed by atoms with E-state index in [2.05, 4.69) is 0 Å². The van der Waals surface area contributed by atoms with E-state index in [0.717, 1.165) is 24.9 Å². The van der Waals surface area contributed by atoms with Gasteiger partial charge in [-0.1, -0.05) is 39.8 Å². The molecule has 142 valence electrons. The molecular weight excluding hydrogens is 320 g/mol. The van der Waals surface area contributed by atoms with Crippen molar-refractivity contribution in [1.82, 2.24) is 4.90 Å². The third kappa shape index (κ3) is 6.46. The quantitative estimate of drug-likeness (QED) is 0.562. The third-order valence-electron chi connectivity index (χ3n) is 4.02. The minimum atomic E-state index is -0.431. The highest BCUT2D eigenvalue weighted by Gasteiger charge is 2.35. The van der Waals surface area contributed by atoms with E-state index in [1.165, 1.54) is 12.1 Å². The second kappa shape index (κ2) is 12.4. The number of benzene rings is 1. The predicted molar refractivity (Wildman–Crippen MR) is 101 cm³/mol. The molecule has 0 saturated carbocycles. The molecule has 1 heterocycles. The Balaban J connectivity index is 0.00000134. The molecular formula is C19H32N2O4. The molecule has 2 atom stereocenters. The van der Waals surface area contributed by atoms with Gasteiger partial charge in [0.15, 0.2) is 0 Å². The topological polar surface area (TPSA) is 72.7 Å². The van der Waals surface area contributed by atoms with Gasteiger partial charge >= 0.3 is 0 Å². The summed E-state index contributed by atoms with van der Waals surface area (Å²) in [4.78, 5) is 24.6. The zero-order valence-electron chi connectivity index (χ0n) is 16.3. The average molecular weight is 352 g/mol. The molecule has 25 heavy (non-hydrogen) atoms. The number of likely N-dealkylation sites (tertiary alicyclic amines) is 1. The molecule has 0 radical (unpaired) electrons. The lowest BCUT2D eigenvalue weighted by Crippen LogP contribution is -2.36. The minimum absolute atomic E-state index is 0.0505. The highest BCUT2D eigenvalue weighted by atomic mass is 16.6. The number of nitro groups is 1. The molecule has 0 aliphatic carbocycles. The van der Waals surface area contributed by atoms with E-state index in [9.17, 15) is 14.9 Å². The van der Waals surface area contributed by atoms with Crippen LogP contribution in [-0.2, 0) is 9.53 Å². The van der Waals surface area contributed by atoms with Crippen LogP contribution >= 0.6 is 0 Å². The van der Waals surface area contributed by atoms with Gasteiger partial charge in [0, 0.05) is 38.4 Å². The monoisotopic (exact) mass is 352 g/mol. The van der Waals surface area contributed by atoms with Gasteiger partial charge in [-0.25, -0.2) is 0 Å². The molecule has 2 rings (SSSR count). The summed E-state index contributed by atoms with van der Waals surface area (Å²) in [7, 11) is 1.65. The van der Waals surface area contributed by atoms with Gasteiger partial charge in [-0.3, -0.25) is 14.9 Å². The summed E-state index contributed by atoms with van der Waals surface area (Å²) in [6.07, 6.45) is 1.57. The number of rotatable bonds is 6. The van der Waals surface area contributed by atoms with Gasteiger partial charge in [0.25, 0.3) is 5.69 Å². The standard InChI is InChI=1S/C15H20N2O4.2C2H6/c1-11(8-10-21-2)16-9-7-14(15(16)18)12-3-5-13(6-4-12)17(19)20;2*1-2/h3-6,11,14H,7-10H2,1-2H3;2*1-2H3. The van der Waals surface area contributed by atoms with Crippen LogP contribution < -0.4 is 0 Å². The van der Waals surface area contributed by atoms with Crippen molar-refractivity contribution in [2.75, 3.05) is 20.3 Å². The molecule has 1 aromatic rings. The maximum atomic E-state index is 12.5. The fourth-order valence-corrected chi connectivity index (χ4v) is 2.72. The molecule has 0 N–H and O–H groups in total. The fraction of sp³-hybridized carbons (Fsp3) is 0.632. The number of hydrogen-bond donors (Lipinski definition) is 0. The zero-order valence-corrected chi connectivity index (χ0v) is 16.3. The lowest BCUT2D eigenvalue weighted by molar-refractivity contribution is -0.384. The SMILES string of the molecule is CC.CC.COCCC(C)N1CCC(c2ccc([N+](=O)[O-])cc2)C1=O. The molecule has 0 spiro atoms. The second-order valence-electron chi connectivity index (χ2n) is 5.35. The van der Waals surface area contributed by atoms with E-state index >= 15 is 0 Å². The first-order valence-electron chi connectivity index (χ1n) is 9.08. The first-order valence-corrected chi connectivity index (χ1v) is 9.08. The molecule has 0 bridgehead atoms. The van der Waals surface area contributed by atoms with Crippen LogP contribution in [0, 0.1) is 10.1 Å². The number of carbonyl (C=O) groups excluding carboxylic acids is 1. The van der Waals surface area contributed by atoms with Gasteiger partial charge in [-0.05, 0) is 25.3 Å². The lowest BCUT2D eigenvalue weighted by Gasteiger charge is -2.24. The molecule has 1 aliphatic heterocycles. The normalized spacial score (nSPS) is 17.1. The van der Waals surface area contributed by atoms with E-state index in [-0.39, 0.29) is 23.6 Å². The van der Waals surface area contributed by atoms with E-state index in [4.69, 9.17) is 4.74 Å². The van der Waals surface area contributed by atoms with Gasteiger partial charge in [0.1, 0.15) is 0 Å². The van der Waals surface area contributed by atoms with Crippen molar-refractivity contribution in [2.24, 2.45) is 0 Å².